The van der Waals surface area contributed by atoms with Gasteiger partial charge in [-0.25, -0.2) is 75.3 Å². The van der Waals surface area contributed by atoms with Gasteiger partial charge in [-0.05, 0) is 295 Å². The number of carboxylic acids is 1. The number of nitrogens with one attached hydrogen (secondary N) is 7. The lowest BCUT2D eigenvalue weighted by Crippen LogP contribution is -2.35. The highest BCUT2D eigenvalue weighted by Gasteiger charge is 2.29. The summed E-state index contributed by atoms with van der Waals surface area (Å²) in [5.74, 6) is -1.62. The van der Waals surface area contributed by atoms with E-state index >= 15 is 0 Å². The lowest BCUT2D eigenvalue weighted by molar-refractivity contribution is -0.154. The SMILES string of the molecule is CC(C)(C)OC(=O)NCC(=O)O.Cc1c(Cl)cccc1S(=O)(=O)N[C@@H](C)c1cccc(-n2ccncc2=O)c1.Cc1c(Cl)cccc1S(=O)(=O)N[C@@H](C)c1cccc(Br)c1.Cc1c(Cl)cccc1S(=O)(=O)N[C@@H](C)c1cccc(CC(=O)CNC(=O)OC(C)(C)C)c1.Cc1c(Cl)cccc1S(=O)(=O)N[C@@H](C)c1cccc(CC(=O)OC(C)(C)C)c1.Cc1c(Cl)cccc1S(=O)(=O)N[C@@H](C)c1cccc(N)c1. The average molecular weight is 2200 g/mol. The second kappa shape index (κ2) is 52.7. The Bertz CT molecular complexity index is 6820. The minimum absolute atomic E-state index is 0.0938. The van der Waals surface area contributed by atoms with Crippen LogP contribution >= 0.6 is 73.9 Å². The standard InChI is InChI=1S/C23H29ClN2O5S.C21H26ClNO4S.C19H18ClN3O3S.C15H15BrClNO2S.C15H17ClN2O2S.C7H13NO4/c1-15-20(24)10-7-11-21(15)32(29,30)26-16(2)18-9-6-8-17(12-18)13-19(27)14-25-22(28)31-23(3,4)5;1-14-18(22)10-7-11-19(14)28(25,26)23-15(2)17-9-6-8-16(12-17)13-20(24)27-21(3,4)5;1-13-17(20)7-4-8-18(13)27(25,26)22-14(2)15-5-3-6-16(11-15)23-10-9-21-12-19(23)24;1-10-14(17)7-4-8-15(10)21(19,20)18-11(2)12-5-3-6-13(16)9-12;1-10-14(16)7-4-8-15(10)21(19,20)18-11(2)12-5-3-6-13(17)9-12;1-7(2,3)12-6(11)8-4-5(9)10/h6-12,16,26H,13-14H2,1-5H3,(H,25,28);6-12,15,23H,13H2,1-5H3;3-12,14,22H,1-2H3;3-9,11,18H,1-2H3;3-9,11,18H,17H2,1-2H3;4H2,1-3H3,(H,8,11)(H,9,10)/t16-;15-;14-;2*11-;/m00000./s1. The van der Waals surface area contributed by atoms with Crippen LogP contribution < -0.4 is 45.5 Å². The molecule has 10 N–H and O–H groups in total. The van der Waals surface area contributed by atoms with Crippen LogP contribution in [0.2, 0.25) is 25.1 Å². The van der Waals surface area contributed by atoms with Crippen molar-refractivity contribution in [2.75, 3.05) is 18.8 Å². The lowest BCUT2D eigenvalue weighted by atomic mass is 10.0. The first-order valence-electron chi connectivity index (χ1n) is 43.6. The second-order valence-electron chi connectivity index (χ2n) is 35.2. The van der Waals surface area contributed by atoms with Gasteiger partial charge in [0.2, 0.25) is 50.1 Å². The molecule has 0 aliphatic heterocycles. The number of ether oxygens (including phenoxy) is 3. The summed E-state index contributed by atoms with van der Waals surface area (Å²) in [6.45, 7) is 32.3. The average Bonchev–Trinajstić information content (AvgIpc) is 0.808. The fourth-order valence-electron chi connectivity index (χ4n) is 13.1. The van der Waals surface area contributed by atoms with Gasteiger partial charge < -0.3 is 35.7 Å². The molecule has 0 saturated heterocycles. The molecule has 141 heavy (non-hydrogen) atoms. The summed E-state index contributed by atoms with van der Waals surface area (Å²) in [6, 6.07) is 57.8. The highest BCUT2D eigenvalue weighted by molar-refractivity contribution is 9.10. The molecular formula is C100H118BrCl5N10O20S5. The summed E-state index contributed by atoms with van der Waals surface area (Å²) in [6.07, 6.45) is 3.15. The molecule has 1 aromatic heterocycles. The number of aromatic nitrogens is 2. The number of nitrogens with zero attached hydrogens (tertiary/aromatic N) is 2. The number of hydrogen-bond donors (Lipinski definition) is 9. The van der Waals surface area contributed by atoms with Crippen molar-refractivity contribution >= 4 is 160 Å². The van der Waals surface area contributed by atoms with Gasteiger partial charge >= 0.3 is 24.1 Å². The highest BCUT2D eigenvalue weighted by atomic mass is 79.9. The second-order valence-corrected chi connectivity index (χ2v) is 46.6. The molecule has 0 fully saturated rings. The number of hydrogen-bond acceptors (Lipinski definition) is 21. The van der Waals surface area contributed by atoms with Crippen molar-refractivity contribution in [3.63, 3.8) is 0 Å². The molecular weight excluding hydrogens is 2080 g/mol. The first-order valence-corrected chi connectivity index (χ1v) is 53.7. The van der Waals surface area contributed by atoms with E-state index in [9.17, 15) is 70.9 Å². The number of rotatable bonds is 29. The predicted octanol–water partition coefficient (Wildman–Crippen LogP) is 20.4. The van der Waals surface area contributed by atoms with Gasteiger partial charge in [0.15, 0.2) is 5.78 Å². The molecule has 0 radical (unpaired) electrons. The summed E-state index contributed by atoms with van der Waals surface area (Å²) in [4.78, 5) is 73.3. The molecule has 0 bridgehead atoms. The number of alkyl carbamates (subject to hydrolysis) is 2. The number of ketones is 1. The molecule has 11 aromatic rings. The molecule has 0 aliphatic rings. The van der Waals surface area contributed by atoms with Gasteiger partial charge in [-0.3, -0.25) is 28.7 Å². The van der Waals surface area contributed by atoms with Gasteiger partial charge in [0.05, 0.1) is 43.6 Å². The Morgan fingerprint density at radius 2 is 0.688 bits per heavy atom. The van der Waals surface area contributed by atoms with E-state index < -0.39 is 116 Å². The van der Waals surface area contributed by atoms with E-state index in [-0.39, 0.29) is 67.2 Å². The zero-order valence-corrected chi connectivity index (χ0v) is 90.6. The predicted molar refractivity (Wildman–Crippen MR) is 557 cm³/mol. The number of sulfonamides is 5. The van der Waals surface area contributed by atoms with Crippen molar-refractivity contribution in [3.05, 3.63) is 338 Å². The molecule has 0 saturated carbocycles. The molecule has 5 atom stereocenters. The lowest BCUT2D eigenvalue weighted by Gasteiger charge is -2.20. The Morgan fingerprint density at radius 3 is 1.01 bits per heavy atom. The Morgan fingerprint density at radius 1 is 0.397 bits per heavy atom. The molecule has 41 heteroatoms. The third-order valence-corrected chi connectivity index (χ3v) is 31.0. The maximum Gasteiger partial charge on any atom is 0.408 e. The van der Waals surface area contributed by atoms with Gasteiger partial charge in [-0.1, -0.05) is 189 Å². The van der Waals surface area contributed by atoms with Crippen molar-refractivity contribution in [2.24, 2.45) is 0 Å². The van der Waals surface area contributed by atoms with E-state index in [1.54, 1.807) is 257 Å². The number of carbonyl (C=O) groups is 5. The molecule has 0 aliphatic carbocycles. The van der Waals surface area contributed by atoms with Crippen molar-refractivity contribution in [2.45, 2.75) is 216 Å². The van der Waals surface area contributed by atoms with E-state index in [4.69, 9.17) is 83.1 Å². The highest BCUT2D eigenvalue weighted by Crippen LogP contribution is 2.33. The van der Waals surface area contributed by atoms with Crippen LogP contribution in [0.1, 0.15) is 194 Å². The number of anilines is 1. The molecule has 11 rings (SSSR count). The van der Waals surface area contributed by atoms with E-state index in [1.165, 1.54) is 41.2 Å². The van der Waals surface area contributed by atoms with Gasteiger partial charge in [-0.2, -0.15) is 0 Å². The molecule has 1 heterocycles. The van der Waals surface area contributed by atoms with Crippen LogP contribution in [-0.2, 0) is 91.6 Å². The summed E-state index contributed by atoms with van der Waals surface area (Å²) in [5, 5.41) is 14.7. The Hall–Kier alpha value is -10.5. The number of Topliss-reactive ketones (excluding diaryl/α,β-unsaturated/α-hetero) is 1. The number of nitrogens with two attached hydrogens (primary N) is 1. The van der Waals surface area contributed by atoms with Crippen molar-refractivity contribution in [1.29, 1.82) is 0 Å². The quantitative estimate of drug-likeness (QED) is 0.0119. The van der Waals surface area contributed by atoms with Crippen LogP contribution in [0, 0.1) is 34.6 Å². The Labute approximate surface area is 859 Å². The number of amides is 2. The summed E-state index contributed by atoms with van der Waals surface area (Å²) in [5.41, 5.74) is 12.8. The van der Waals surface area contributed by atoms with Gasteiger partial charge in [0, 0.05) is 90.0 Å². The summed E-state index contributed by atoms with van der Waals surface area (Å²) >= 11 is 33.5. The fourth-order valence-corrected chi connectivity index (χ4v) is 22.1. The smallest absolute Gasteiger partial charge is 0.408 e. The molecule has 30 nitrogen and oxygen atoms in total. The number of nitrogen functional groups attached to an aromatic ring is 1. The van der Waals surface area contributed by atoms with Crippen LogP contribution in [0.3, 0.4) is 0 Å². The topological polar surface area (TPSA) is 449 Å². The third-order valence-electron chi connectivity index (χ3n) is 20.0. The molecule has 2 amide bonds. The third kappa shape index (κ3) is 39.0. The van der Waals surface area contributed by atoms with Gasteiger partial charge in [-0.15, -0.1) is 0 Å². The van der Waals surface area contributed by atoms with Crippen LogP contribution in [0.25, 0.3) is 5.69 Å². The number of esters is 1. The van der Waals surface area contributed by atoms with Crippen molar-refractivity contribution in [3.8, 4) is 5.69 Å². The van der Waals surface area contributed by atoms with Crippen LogP contribution in [0.4, 0.5) is 15.3 Å². The van der Waals surface area contributed by atoms with E-state index in [1.807, 2.05) is 69.3 Å². The summed E-state index contributed by atoms with van der Waals surface area (Å²) < 4.78 is 158. The molecule has 760 valence electrons. The van der Waals surface area contributed by atoms with Crippen molar-refractivity contribution < 1.29 is 85.4 Å². The minimum atomic E-state index is -3.79. The molecule has 0 spiro atoms. The minimum Gasteiger partial charge on any atom is -0.480 e. The normalized spacial score (nSPS) is 12.8. The van der Waals surface area contributed by atoms with Crippen molar-refractivity contribution in [1.82, 2.24) is 43.8 Å². The first-order chi connectivity index (χ1) is 65.4. The van der Waals surface area contributed by atoms with Crippen LogP contribution in [-0.4, -0.2) is 117 Å². The van der Waals surface area contributed by atoms with Crippen LogP contribution in [0.15, 0.2) is 265 Å². The van der Waals surface area contributed by atoms with E-state index in [0.717, 1.165) is 32.3 Å². The number of aliphatic carboxylic acids is 1. The maximum atomic E-state index is 12.8. The first kappa shape index (κ1) is 119. The maximum absolute atomic E-state index is 12.8. The zero-order valence-electron chi connectivity index (χ0n) is 81.1. The number of benzene rings is 10. The largest absolute Gasteiger partial charge is 0.480 e. The van der Waals surface area contributed by atoms with E-state index in [0.29, 0.717) is 75.4 Å². The number of halogens is 6. The monoisotopic (exact) mass is 2190 g/mol. The van der Waals surface area contributed by atoms with Gasteiger partial charge in [0.1, 0.15) is 23.3 Å². The Balaban J connectivity index is 0.000000264. The fraction of sp³-hybridized carbons (Fsp3) is 0.310. The number of carboxylic acid groups (broad SMARTS) is 1. The summed E-state index contributed by atoms with van der Waals surface area (Å²) in [7, 11) is -18.6. The zero-order chi connectivity index (χ0) is 106. The Kier molecular flexibility index (Phi) is 44.5. The van der Waals surface area contributed by atoms with Crippen LogP contribution in [0.5, 0.6) is 0 Å². The van der Waals surface area contributed by atoms with Gasteiger partial charge in [0.25, 0.3) is 5.56 Å². The molecule has 10 aromatic carbocycles. The molecule has 0 unspecified atom stereocenters. The number of carbonyl (C=O) groups excluding carboxylic acids is 4. The van der Waals surface area contributed by atoms with E-state index in [2.05, 4.69) is 55.2 Å².